The number of aliphatic hydroxyl groups excluding tert-OH is 1. The minimum Gasteiger partial charge on any atom is -0.493 e. The number of benzene rings is 4. The third-order valence-corrected chi connectivity index (χ3v) is 10.5. The number of ether oxygens (including phenoxy) is 1. The van der Waals surface area contributed by atoms with Gasteiger partial charge in [-0.05, 0) is 71.8 Å². The second-order valence-electron chi connectivity index (χ2n) is 12.2. The molecule has 1 aliphatic carbocycles. The fourth-order valence-electron chi connectivity index (χ4n) is 6.83. The van der Waals surface area contributed by atoms with Crippen LogP contribution in [0.4, 0.5) is 5.69 Å². The summed E-state index contributed by atoms with van der Waals surface area (Å²) in [7, 11) is -2.55. The van der Waals surface area contributed by atoms with E-state index in [0.717, 1.165) is 57.2 Å². The largest absolute Gasteiger partial charge is 0.493 e. The van der Waals surface area contributed by atoms with Crippen LogP contribution in [0.1, 0.15) is 59.8 Å². The van der Waals surface area contributed by atoms with Crippen molar-refractivity contribution in [1.29, 1.82) is 0 Å². The van der Waals surface area contributed by atoms with Crippen molar-refractivity contribution < 1.29 is 23.1 Å². The molecule has 4 aromatic carbocycles. The van der Waals surface area contributed by atoms with Crippen molar-refractivity contribution in [2.24, 2.45) is 5.92 Å². The second-order valence-corrected chi connectivity index (χ2v) is 13.8. The quantitative estimate of drug-likeness (QED) is 0.165. The maximum absolute atomic E-state index is 12.5. The van der Waals surface area contributed by atoms with Crippen LogP contribution in [0.5, 0.6) is 0 Å². The summed E-state index contributed by atoms with van der Waals surface area (Å²) in [6.07, 6.45) is 8.89. The molecule has 5 aromatic rings. The number of nitrogens with one attached hydrogen (secondary N) is 1. The van der Waals surface area contributed by atoms with Crippen LogP contribution < -0.4 is 9.03 Å². The van der Waals surface area contributed by atoms with E-state index in [2.05, 4.69) is 45.7 Å². The number of imidazole rings is 1. The molecule has 9 nitrogen and oxygen atoms in total. The Labute approximate surface area is 280 Å². The van der Waals surface area contributed by atoms with Gasteiger partial charge in [0.25, 0.3) is 0 Å². The highest BCUT2D eigenvalue weighted by Gasteiger charge is 2.32. The molecule has 1 aromatic heterocycles. The van der Waals surface area contributed by atoms with Crippen molar-refractivity contribution in [3.05, 3.63) is 138 Å². The molecule has 1 saturated carbocycles. The Morgan fingerprint density at radius 3 is 2.08 bits per heavy atom. The summed E-state index contributed by atoms with van der Waals surface area (Å²) in [5.41, 5.74) is 6.78. The molecule has 0 spiro atoms. The van der Waals surface area contributed by atoms with Crippen molar-refractivity contribution in [3.8, 4) is 28.1 Å². The van der Waals surface area contributed by atoms with Crippen LogP contribution in [0.2, 0.25) is 0 Å². The Hall–Kier alpha value is -5.35. The lowest BCUT2D eigenvalue weighted by atomic mass is 9.76. The number of methoxy groups -OCH3 is 1. The van der Waals surface area contributed by atoms with Crippen LogP contribution in [-0.4, -0.2) is 36.2 Å². The van der Waals surface area contributed by atoms with Crippen LogP contribution >= 0.6 is 0 Å². The molecule has 2 aliphatic rings. The van der Waals surface area contributed by atoms with Crippen molar-refractivity contribution in [3.63, 3.8) is 0 Å². The highest BCUT2D eigenvalue weighted by molar-refractivity contribution is 7.91. The number of esters is 1. The minimum absolute atomic E-state index is 0.000863. The smallest absolute Gasteiger partial charge is 0.337 e. The first kappa shape index (κ1) is 31.3. The highest BCUT2D eigenvalue weighted by Crippen LogP contribution is 2.42. The van der Waals surface area contributed by atoms with Gasteiger partial charge in [-0.15, -0.1) is 0 Å². The summed E-state index contributed by atoms with van der Waals surface area (Å²) in [6.45, 7) is 0. The van der Waals surface area contributed by atoms with Crippen LogP contribution in [-0.2, 0) is 14.9 Å². The lowest BCUT2D eigenvalue weighted by Crippen LogP contribution is -2.29. The predicted octanol–water partition coefficient (Wildman–Crippen LogP) is 7.72. The number of hydrogen-bond acceptors (Lipinski definition) is 6. The first-order valence-electron chi connectivity index (χ1n) is 16.1. The first-order chi connectivity index (χ1) is 23.3. The van der Waals surface area contributed by atoms with Gasteiger partial charge in [-0.1, -0.05) is 86.0 Å². The fourth-order valence-corrected chi connectivity index (χ4v) is 7.88. The predicted molar refractivity (Wildman–Crippen MR) is 186 cm³/mol. The van der Waals surface area contributed by atoms with E-state index in [4.69, 9.17) is 9.72 Å². The zero-order chi connectivity index (χ0) is 33.3. The lowest BCUT2D eigenvalue weighted by molar-refractivity contribution is 0.0600. The fraction of sp³-hybridized carbons (Fsp3) is 0.211. The van der Waals surface area contributed by atoms with E-state index in [9.17, 15) is 18.3 Å². The van der Waals surface area contributed by atoms with Crippen LogP contribution in [0.25, 0.3) is 28.1 Å². The summed E-state index contributed by atoms with van der Waals surface area (Å²) in [6, 6.07) is 33.5. The Bertz CT molecular complexity index is 2050. The summed E-state index contributed by atoms with van der Waals surface area (Å²) >= 11 is 0. The van der Waals surface area contributed by atoms with Gasteiger partial charge in [-0.2, -0.15) is 8.42 Å². The van der Waals surface area contributed by atoms with Crippen LogP contribution in [0, 0.1) is 5.92 Å². The van der Waals surface area contributed by atoms with Gasteiger partial charge in [-0.25, -0.2) is 18.8 Å². The number of carbonyl (C=O) groups excluding carboxylic acids is 1. The Kier molecular flexibility index (Phi) is 8.49. The second kappa shape index (κ2) is 13.0. The molecule has 7 rings (SSSR count). The SMILES string of the molecule is COC(=O)c1ccc(-c2cn(-c3ccc(N4C=C(O)NS4(=O)=O)cc3)c(C(c3ccc(-c4ccccc4)cc3)C3CCCCC3)n2)cc1. The van der Waals surface area contributed by atoms with Crippen molar-refractivity contribution >= 4 is 21.9 Å². The van der Waals surface area contributed by atoms with Crippen molar-refractivity contribution in [1.82, 2.24) is 14.3 Å². The van der Waals surface area contributed by atoms with Crippen LogP contribution in [0.15, 0.2) is 121 Å². The topological polar surface area (TPSA) is 114 Å². The Balaban J connectivity index is 1.34. The third-order valence-electron chi connectivity index (χ3n) is 9.23. The molecule has 0 amide bonds. The maximum atomic E-state index is 12.5. The molecule has 1 atom stereocenters. The minimum atomic E-state index is -3.92. The van der Waals surface area contributed by atoms with E-state index in [1.807, 2.05) is 48.7 Å². The van der Waals surface area contributed by atoms with Gasteiger partial charge in [0.05, 0.1) is 30.3 Å². The molecule has 2 heterocycles. The summed E-state index contributed by atoms with van der Waals surface area (Å²) in [4.78, 5) is 17.4. The number of aliphatic hydroxyl groups is 1. The van der Waals surface area contributed by atoms with Gasteiger partial charge < -0.3 is 14.4 Å². The molecule has 1 aliphatic heterocycles. The van der Waals surface area contributed by atoms with Gasteiger partial charge in [-0.3, -0.25) is 0 Å². The van der Waals surface area contributed by atoms with E-state index in [-0.39, 0.29) is 5.92 Å². The lowest BCUT2D eigenvalue weighted by Gasteiger charge is -2.31. The summed E-state index contributed by atoms with van der Waals surface area (Å²) in [5.74, 6) is 0.434. The van der Waals surface area contributed by atoms with Crippen LogP contribution in [0.3, 0.4) is 0 Å². The van der Waals surface area contributed by atoms with Gasteiger partial charge in [0.1, 0.15) is 5.82 Å². The van der Waals surface area contributed by atoms with Crippen molar-refractivity contribution in [2.75, 3.05) is 11.4 Å². The molecular weight excluding hydrogens is 625 g/mol. The number of anilines is 1. The number of hydrogen-bond donors (Lipinski definition) is 2. The first-order valence-corrected chi connectivity index (χ1v) is 17.5. The van der Waals surface area contributed by atoms with Gasteiger partial charge >= 0.3 is 16.2 Å². The average molecular weight is 661 g/mol. The Morgan fingerprint density at radius 1 is 0.833 bits per heavy atom. The van der Waals surface area contributed by atoms with Gasteiger partial charge in [0, 0.05) is 23.4 Å². The molecule has 10 heteroatoms. The molecule has 1 unspecified atom stereocenters. The zero-order valence-electron chi connectivity index (χ0n) is 26.5. The molecule has 244 valence electrons. The average Bonchev–Trinajstić information content (AvgIpc) is 3.68. The normalized spacial score (nSPS) is 16.6. The molecular formula is C38H36N4O5S. The molecule has 1 fully saturated rings. The van der Waals surface area contributed by atoms with E-state index in [1.54, 1.807) is 24.3 Å². The molecule has 0 bridgehead atoms. The van der Waals surface area contributed by atoms with E-state index in [1.165, 1.54) is 31.9 Å². The molecule has 0 radical (unpaired) electrons. The van der Waals surface area contributed by atoms with Crippen molar-refractivity contribution in [2.45, 2.75) is 38.0 Å². The number of rotatable bonds is 8. The molecule has 0 saturated heterocycles. The maximum Gasteiger partial charge on any atom is 0.337 e. The summed E-state index contributed by atoms with van der Waals surface area (Å²) in [5, 5.41) is 9.80. The molecule has 2 N–H and O–H groups in total. The number of aromatic nitrogens is 2. The number of nitrogens with zero attached hydrogens (tertiary/aromatic N) is 3. The monoisotopic (exact) mass is 660 g/mol. The number of carbonyl (C=O) groups is 1. The highest BCUT2D eigenvalue weighted by atomic mass is 32.2. The Morgan fingerprint density at radius 2 is 1.46 bits per heavy atom. The van der Waals surface area contributed by atoms with Gasteiger partial charge in [0.15, 0.2) is 0 Å². The van der Waals surface area contributed by atoms with Gasteiger partial charge in [0.2, 0.25) is 5.88 Å². The standard InChI is InChI=1S/C38H36N4O5S/c1-47-38(44)31-18-14-28(15-19-31)34-24-41(32-20-22-33(23-21-32)42-25-35(43)40-48(42,45)46)37(39-34)36(29-10-6-3-7-11-29)30-16-12-27(13-17-30)26-8-4-2-5-9-26/h2,4-5,8-9,12-25,29,36,40,43H,3,6-7,10-11H2,1H3. The van der Waals surface area contributed by atoms with E-state index < -0.39 is 22.1 Å². The van der Waals surface area contributed by atoms with E-state index >= 15 is 0 Å². The third kappa shape index (κ3) is 6.18. The van der Waals surface area contributed by atoms with E-state index in [0.29, 0.717) is 17.2 Å². The zero-order valence-corrected chi connectivity index (χ0v) is 27.3. The molecule has 48 heavy (non-hydrogen) atoms. The summed E-state index contributed by atoms with van der Waals surface area (Å²) < 4.78 is 35.1.